The van der Waals surface area contributed by atoms with Crippen LogP contribution in [0.4, 0.5) is 0 Å². The number of rotatable bonds is 6. The molecular formula is C10H14O4S2. The number of carbonyl (C=O) groups is 1. The van der Waals surface area contributed by atoms with Crippen molar-refractivity contribution in [3.8, 4) is 0 Å². The molecule has 6 heteroatoms. The van der Waals surface area contributed by atoms with Crippen molar-refractivity contribution in [2.45, 2.75) is 25.5 Å². The van der Waals surface area contributed by atoms with Crippen LogP contribution in [0.1, 0.15) is 34.3 Å². The Morgan fingerprint density at radius 2 is 2.12 bits per heavy atom. The van der Waals surface area contributed by atoms with E-state index in [1.165, 1.54) is 6.07 Å². The zero-order chi connectivity index (χ0) is 12.2. The van der Waals surface area contributed by atoms with Crippen LogP contribution in [0.5, 0.6) is 0 Å². The number of thiophene rings is 1. The first-order valence-electron chi connectivity index (χ1n) is 4.97. The zero-order valence-electron chi connectivity index (χ0n) is 8.97. The smallest absolute Gasteiger partial charge is 0.345 e. The Kier molecular flexibility index (Phi) is 4.49. The molecule has 0 saturated heterocycles. The second-order valence-electron chi connectivity index (χ2n) is 3.52. The van der Waals surface area contributed by atoms with Crippen molar-refractivity contribution in [3.05, 3.63) is 21.9 Å². The van der Waals surface area contributed by atoms with Gasteiger partial charge in [-0.15, -0.1) is 11.3 Å². The topological polar surface area (TPSA) is 71.4 Å². The highest BCUT2D eigenvalue weighted by Crippen LogP contribution is 2.19. The van der Waals surface area contributed by atoms with Crippen LogP contribution in [0.2, 0.25) is 0 Å². The molecular weight excluding hydrogens is 248 g/mol. The molecule has 0 aliphatic rings. The van der Waals surface area contributed by atoms with Gasteiger partial charge in [-0.25, -0.2) is 13.2 Å². The van der Waals surface area contributed by atoms with Gasteiger partial charge in [0.15, 0.2) is 9.84 Å². The predicted molar refractivity (Wildman–Crippen MR) is 63.7 cm³/mol. The van der Waals surface area contributed by atoms with Crippen molar-refractivity contribution in [3.63, 3.8) is 0 Å². The van der Waals surface area contributed by atoms with Crippen molar-refractivity contribution in [1.82, 2.24) is 0 Å². The molecule has 0 spiro atoms. The summed E-state index contributed by atoms with van der Waals surface area (Å²) in [5.41, 5.74) is 0. The average molecular weight is 262 g/mol. The highest BCUT2D eigenvalue weighted by atomic mass is 32.2. The van der Waals surface area contributed by atoms with Gasteiger partial charge in [0.25, 0.3) is 0 Å². The number of aromatic carboxylic acids is 1. The van der Waals surface area contributed by atoms with E-state index >= 15 is 0 Å². The largest absolute Gasteiger partial charge is 0.477 e. The average Bonchev–Trinajstić information content (AvgIpc) is 2.62. The van der Waals surface area contributed by atoms with Crippen molar-refractivity contribution in [1.29, 1.82) is 0 Å². The van der Waals surface area contributed by atoms with E-state index in [4.69, 9.17) is 5.11 Å². The molecule has 0 fully saturated rings. The zero-order valence-corrected chi connectivity index (χ0v) is 10.6. The minimum Gasteiger partial charge on any atom is -0.477 e. The summed E-state index contributed by atoms with van der Waals surface area (Å²) in [4.78, 5) is 11.4. The summed E-state index contributed by atoms with van der Waals surface area (Å²) in [6, 6.07) is 3.01. The normalized spacial score (nSPS) is 11.6. The number of unbranched alkanes of at least 4 members (excludes halogenated alkanes) is 1. The summed E-state index contributed by atoms with van der Waals surface area (Å²) in [6.45, 7) is 1.93. The van der Waals surface area contributed by atoms with Gasteiger partial charge in [-0.1, -0.05) is 13.3 Å². The molecule has 0 amide bonds. The lowest BCUT2D eigenvalue weighted by Crippen LogP contribution is -2.08. The second-order valence-corrected chi connectivity index (χ2v) is 6.87. The Hall–Kier alpha value is -0.880. The SMILES string of the molecule is CCCCS(=O)(=O)Cc1ccc(C(=O)O)s1. The van der Waals surface area contributed by atoms with Gasteiger partial charge in [-0.05, 0) is 18.6 Å². The first-order chi connectivity index (χ1) is 7.44. The van der Waals surface area contributed by atoms with Crippen LogP contribution in [-0.2, 0) is 15.6 Å². The lowest BCUT2D eigenvalue weighted by Gasteiger charge is -2.00. The van der Waals surface area contributed by atoms with Gasteiger partial charge in [0.05, 0.1) is 11.5 Å². The molecule has 0 radical (unpaired) electrons. The third-order valence-corrected chi connectivity index (χ3v) is 4.96. The molecule has 0 aliphatic carbocycles. The summed E-state index contributed by atoms with van der Waals surface area (Å²) in [5, 5.41) is 8.70. The van der Waals surface area contributed by atoms with Gasteiger partial charge in [0, 0.05) is 4.88 Å². The molecule has 0 bridgehead atoms. The van der Waals surface area contributed by atoms with Crippen molar-refractivity contribution in [2.75, 3.05) is 5.75 Å². The van der Waals surface area contributed by atoms with Crippen molar-refractivity contribution < 1.29 is 18.3 Å². The molecule has 90 valence electrons. The maximum Gasteiger partial charge on any atom is 0.345 e. The first kappa shape index (κ1) is 13.2. The lowest BCUT2D eigenvalue weighted by atomic mass is 10.4. The van der Waals surface area contributed by atoms with E-state index in [-0.39, 0.29) is 16.4 Å². The molecule has 16 heavy (non-hydrogen) atoms. The van der Waals surface area contributed by atoms with Gasteiger partial charge < -0.3 is 5.11 Å². The lowest BCUT2D eigenvalue weighted by molar-refractivity contribution is 0.0702. The van der Waals surface area contributed by atoms with E-state index in [1.54, 1.807) is 6.07 Å². The Balaban J connectivity index is 2.69. The van der Waals surface area contributed by atoms with E-state index in [0.717, 1.165) is 17.8 Å². The Morgan fingerprint density at radius 1 is 1.44 bits per heavy atom. The van der Waals surface area contributed by atoms with Crippen molar-refractivity contribution in [2.24, 2.45) is 0 Å². The molecule has 0 atom stereocenters. The maximum absolute atomic E-state index is 11.6. The molecule has 0 saturated carbocycles. The fourth-order valence-corrected chi connectivity index (χ4v) is 4.04. The Bertz CT molecular complexity index is 459. The van der Waals surface area contributed by atoms with Crippen LogP contribution >= 0.6 is 11.3 Å². The van der Waals surface area contributed by atoms with Crippen LogP contribution in [-0.4, -0.2) is 25.2 Å². The minimum atomic E-state index is -3.09. The van der Waals surface area contributed by atoms with Crippen LogP contribution in [0, 0.1) is 0 Å². The fraction of sp³-hybridized carbons (Fsp3) is 0.500. The van der Waals surface area contributed by atoms with Gasteiger partial charge in [0.1, 0.15) is 4.88 Å². The quantitative estimate of drug-likeness (QED) is 0.852. The van der Waals surface area contributed by atoms with Gasteiger partial charge in [-0.3, -0.25) is 0 Å². The van der Waals surface area contributed by atoms with Crippen LogP contribution in [0.25, 0.3) is 0 Å². The van der Waals surface area contributed by atoms with Crippen LogP contribution in [0.15, 0.2) is 12.1 Å². The summed E-state index contributed by atoms with van der Waals surface area (Å²) in [5.74, 6) is -0.892. The van der Waals surface area contributed by atoms with E-state index in [0.29, 0.717) is 11.3 Å². The third kappa shape index (κ3) is 3.94. The Morgan fingerprint density at radius 3 is 2.62 bits per heavy atom. The first-order valence-corrected chi connectivity index (χ1v) is 7.61. The molecule has 1 rings (SSSR count). The molecule has 0 unspecified atom stereocenters. The van der Waals surface area contributed by atoms with Crippen molar-refractivity contribution >= 4 is 27.1 Å². The molecule has 1 aromatic rings. The summed E-state index contributed by atoms with van der Waals surface area (Å²) < 4.78 is 23.2. The molecule has 0 aliphatic heterocycles. The van der Waals surface area contributed by atoms with Gasteiger partial charge in [0.2, 0.25) is 0 Å². The van der Waals surface area contributed by atoms with E-state index in [2.05, 4.69) is 0 Å². The summed E-state index contributed by atoms with van der Waals surface area (Å²) in [7, 11) is -3.09. The molecule has 1 heterocycles. The number of sulfone groups is 1. The highest BCUT2D eigenvalue weighted by molar-refractivity contribution is 7.90. The van der Waals surface area contributed by atoms with Gasteiger partial charge in [-0.2, -0.15) is 0 Å². The van der Waals surface area contributed by atoms with Gasteiger partial charge >= 0.3 is 5.97 Å². The third-order valence-electron chi connectivity index (χ3n) is 2.04. The second kappa shape index (κ2) is 5.45. The number of carboxylic acid groups (broad SMARTS) is 1. The Labute approximate surface area is 98.8 Å². The maximum atomic E-state index is 11.6. The number of carboxylic acids is 1. The highest BCUT2D eigenvalue weighted by Gasteiger charge is 2.14. The van der Waals surface area contributed by atoms with Crippen LogP contribution < -0.4 is 0 Å². The predicted octanol–water partition coefficient (Wildman–Crippen LogP) is 2.16. The fourth-order valence-electron chi connectivity index (χ4n) is 1.22. The molecule has 1 aromatic heterocycles. The van der Waals surface area contributed by atoms with Crippen LogP contribution in [0.3, 0.4) is 0 Å². The van der Waals surface area contributed by atoms with E-state index < -0.39 is 15.8 Å². The molecule has 4 nitrogen and oxygen atoms in total. The standard InChI is InChI=1S/C10H14O4S2/c1-2-3-6-16(13,14)7-8-4-5-9(15-8)10(11)12/h4-5H,2-3,6-7H2,1H3,(H,11,12). The monoisotopic (exact) mass is 262 g/mol. The summed E-state index contributed by atoms with van der Waals surface area (Å²) in [6.07, 6.45) is 1.49. The molecule has 0 aromatic carbocycles. The number of hydrogen-bond acceptors (Lipinski definition) is 4. The molecule has 1 N–H and O–H groups in total. The minimum absolute atomic E-state index is 0.0506. The van der Waals surface area contributed by atoms with E-state index in [9.17, 15) is 13.2 Å². The summed E-state index contributed by atoms with van der Waals surface area (Å²) >= 11 is 1.02. The number of hydrogen-bond donors (Lipinski definition) is 1. The van der Waals surface area contributed by atoms with E-state index in [1.807, 2.05) is 6.92 Å².